The van der Waals surface area contributed by atoms with Gasteiger partial charge in [0.1, 0.15) is 16.5 Å². The molecular formula is C30H45F2N3O6S. The van der Waals surface area contributed by atoms with Crippen molar-refractivity contribution in [1.29, 1.82) is 0 Å². The normalized spacial score (nSPS) is 24.0. The molecule has 2 heterocycles. The number of alkyl halides is 2. The Morgan fingerprint density at radius 3 is 2.40 bits per heavy atom. The fourth-order valence-corrected chi connectivity index (χ4v) is 8.26. The van der Waals surface area contributed by atoms with Crippen molar-refractivity contribution in [2.75, 3.05) is 31.1 Å². The Balaban J connectivity index is 1.51. The molecule has 4 rings (SSSR count). The van der Waals surface area contributed by atoms with Crippen LogP contribution < -0.4 is 4.90 Å². The molecule has 9 nitrogen and oxygen atoms in total. The molecule has 3 aliphatic rings. The molecule has 1 amide bonds. The molecule has 1 aliphatic carbocycles. The van der Waals surface area contributed by atoms with Crippen molar-refractivity contribution in [3.05, 3.63) is 23.8 Å². The fraction of sp³-hybridized carbons (Fsp3) is 0.733. The van der Waals surface area contributed by atoms with Crippen LogP contribution in [0, 0.1) is 12.8 Å². The minimum Gasteiger partial charge on any atom is -0.480 e. The van der Waals surface area contributed by atoms with Crippen LogP contribution in [0.15, 0.2) is 23.1 Å². The van der Waals surface area contributed by atoms with Crippen LogP contribution in [0.2, 0.25) is 0 Å². The molecule has 2 aliphatic heterocycles. The van der Waals surface area contributed by atoms with E-state index in [4.69, 9.17) is 4.74 Å². The van der Waals surface area contributed by atoms with Crippen LogP contribution in [0.4, 0.5) is 19.3 Å². The van der Waals surface area contributed by atoms with Crippen molar-refractivity contribution < 1.29 is 36.6 Å². The maximum absolute atomic E-state index is 13.9. The number of sulfonamides is 1. The Bertz CT molecular complexity index is 1240. The van der Waals surface area contributed by atoms with Crippen molar-refractivity contribution >= 4 is 27.8 Å². The van der Waals surface area contributed by atoms with Crippen molar-refractivity contribution in [3.8, 4) is 0 Å². The van der Waals surface area contributed by atoms with Gasteiger partial charge in [-0.05, 0) is 96.3 Å². The number of rotatable bonds is 8. The van der Waals surface area contributed by atoms with Crippen LogP contribution in [-0.4, -0.2) is 84.6 Å². The number of ether oxygens (including phenoxy) is 1. The third-order valence-corrected chi connectivity index (χ3v) is 10.5. The summed E-state index contributed by atoms with van der Waals surface area (Å²) in [4.78, 5) is 28.7. The second kappa shape index (κ2) is 12.6. The van der Waals surface area contributed by atoms with Gasteiger partial charge in [0.15, 0.2) is 0 Å². The molecule has 12 heteroatoms. The Hall–Kier alpha value is -2.47. The van der Waals surface area contributed by atoms with Gasteiger partial charge < -0.3 is 19.6 Å². The van der Waals surface area contributed by atoms with Crippen LogP contribution >= 0.6 is 0 Å². The summed E-state index contributed by atoms with van der Waals surface area (Å²) in [6.07, 6.45) is 2.58. The minimum absolute atomic E-state index is 0.111. The summed E-state index contributed by atoms with van der Waals surface area (Å²) in [5.41, 5.74) is 0.749. The van der Waals surface area contributed by atoms with E-state index in [0.717, 1.165) is 22.7 Å². The summed E-state index contributed by atoms with van der Waals surface area (Å²) in [6, 6.07) is 3.77. The SMILES string of the molecule is Cc1ccc(S(=O)(=O)N2CCC[C@H]2C(=O)O)c(N2CCC[C@H](CCN(C(=O)OC(C)(C)C)C3CCC(F)(F)CC3)C2)c1. The van der Waals surface area contributed by atoms with Gasteiger partial charge >= 0.3 is 12.1 Å². The Morgan fingerprint density at radius 2 is 1.76 bits per heavy atom. The van der Waals surface area contributed by atoms with Crippen LogP contribution in [0.5, 0.6) is 0 Å². The van der Waals surface area contributed by atoms with Gasteiger partial charge in [-0.15, -0.1) is 0 Å². The highest BCUT2D eigenvalue weighted by atomic mass is 32.2. The number of aryl methyl sites for hydroxylation is 1. The number of carboxylic acids is 1. The molecule has 1 aromatic rings. The molecule has 3 fully saturated rings. The number of halogens is 2. The molecule has 0 spiro atoms. The van der Waals surface area contributed by atoms with E-state index in [0.29, 0.717) is 38.2 Å². The number of aliphatic carboxylic acids is 1. The summed E-state index contributed by atoms with van der Waals surface area (Å²) < 4.78 is 62.0. The molecule has 42 heavy (non-hydrogen) atoms. The molecule has 236 valence electrons. The van der Waals surface area contributed by atoms with Gasteiger partial charge in [0.25, 0.3) is 0 Å². The number of carbonyl (C=O) groups is 2. The maximum Gasteiger partial charge on any atom is 0.410 e. The van der Waals surface area contributed by atoms with E-state index in [-0.39, 0.29) is 55.5 Å². The first-order valence-electron chi connectivity index (χ1n) is 15.0. The topological polar surface area (TPSA) is 107 Å². The molecule has 0 unspecified atom stereocenters. The van der Waals surface area contributed by atoms with Crippen molar-refractivity contribution in [2.24, 2.45) is 5.92 Å². The highest BCUT2D eigenvalue weighted by molar-refractivity contribution is 7.89. The molecule has 1 aromatic carbocycles. The van der Waals surface area contributed by atoms with Gasteiger partial charge in [0.2, 0.25) is 15.9 Å². The summed E-state index contributed by atoms with van der Waals surface area (Å²) in [7, 11) is -4.05. The highest BCUT2D eigenvalue weighted by Crippen LogP contribution is 2.38. The predicted molar refractivity (Wildman–Crippen MR) is 155 cm³/mol. The lowest BCUT2D eigenvalue weighted by atomic mass is 9.90. The zero-order valence-corrected chi connectivity index (χ0v) is 26.0. The number of anilines is 1. The van der Waals surface area contributed by atoms with Gasteiger partial charge in [0.05, 0.1) is 5.69 Å². The number of piperidine rings is 1. The van der Waals surface area contributed by atoms with Gasteiger partial charge in [0, 0.05) is 45.1 Å². The Labute approximate surface area is 248 Å². The van der Waals surface area contributed by atoms with Crippen molar-refractivity contribution in [3.63, 3.8) is 0 Å². The zero-order chi connectivity index (χ0) is 30.9. The fourth-order valence-electron chi connectivity index (χ4n) is 6.41. The first kappa shape index (κ1) is 32.4. The average molecular weight is 614 g/mol. The third-order valence-electron chi connectivity index (χ3n) is 8.58. The molecule has 0 radical (unpaired) electrons. The Kier molecular flexibility index (Phi) is 9.76. The summed E-state index contributed by atoms with van der Waals surface area (Å²) >= 11 is 0. The van der Waals surface area contributed by atoms with Gasteiger partial charge in [-0.3, -0.25) is 4.79 Å². The van der Waals surface area contributed by atoms with Crippen LogP contribution in [0.1, 0.15) is 84.1 Å². The van der Waals surface area contributed by atoms with Crippen LogP contribution in [0.3, 0.4) is 0 Å². The number of carbonyl (C=O) groups excluding carboxylic acids is 1. The molecule has 1 saturated carbocycles. The summed E-state index contributed by atoms with van der Waals surface area (Å²) in [5, 5.41) is 9.63. The number of hydrogen-bond donors (Lipinski definition) is 1. The van der Waals surface area contributed by atoms with E-state index in [2.05, 4.69) is 4.90 Å². The van der Waals surface area contributed by atoms with E-state index in [9.17, 15) is 31.9 Å². The largest absolute Gasteiger partial charge is 0.480 e. The first-order chi connectivity index (χ1) is 19.6. The number of carboxylic acid groups (broad SMARTS) is 1. The van der Waals surface area contributed by atoms with Gasteiger partial charge in [-0.25, -0.2) is 22.0 Å². The molecular weight excluding hydrogens is 568 g/mol. The van der Waals surface area contributed by atoms with E-state index < -0.39 is 39.7 Å². The molecule has 0 aromatic heterocycles. The molecule has 2 saturated heterocycles. The number of amides is 1. The van der Waals surface area contributed by atoms with Gasteiger partial charge in [-0.2, -0.15) is 4.31 Å². The highest BCUT2D eigenvalue weighted by Gasteiger charge is 2.42. The lowest BCUT2D eigenvalue weighted by molar-refractivity contribution is -0.140. The number of benzene rings is 1. The number of nitrogens with zero attached hydrogens (tertiary/aromatic N) is 3. The standard InChI is InChI=1S/C30H45F2N3O6S/c1-21-9-10-26(42(39,40)35-17-6-8-24(35)27(36)37)25(19-21)33-16-5-7-22(20-33)13-18-34(28(38)41-29(2,3)4)23-11-14-30(31,32)15-12-23/h9-10,19,22-24H,5-8,11-18,20H2,1-4H3,(H,36,37)/t22-,24+/m1/s1. The molecule has 1 N–H and O–H groups in total. The monoisotopic (exact) mass is 613 g/mol. The molecule has 2 atom stereocenters. The smallest absolute Gasteiger partial charge is 0.410 e. The second-order valence-corrected chi connectivity index (χ2v) is 14.9. The van der Waals surface area contributed by atoms with Crippen molar-refractivity contribution in [2.45, 2.75) is 114 Å². The van der Waals surface area contributed by atoms with Gasteiger partial charge in [-0.1, -0.05) is 6.07 Å². The minimum atomic E-state index is -4.05. The van der Waals surface area contributed by atoms with Crippen molar-refractivity contribution in [1.82, 2.24) is 9.21 Å². The molecule has 0 bridgehead atoms. The lowest BCUT2D eigenvalue weighted by Crippen LogP contribution is -2.47. The summed E-state index contributed by atoms with van der Waals surface area (Å²) in [5.74, 6) is -3.70. The second-order valence-electron chi connectivity index (χ2n) is 13.1. The Morgan fingerprint density at radius 1 is 1.10 bits per heavy atom. The first-order valence-corrected chi connectivity index (χ1v) is 16.5. The predicted octanol–water partition coefficient (Wildman–Crippen LogP) is 5.65. The third kappa shape index (κ3) is 7.72. The number of hydrogen-bond acceptors (Lipinski definition) is 6. The lowest BCUT2D eigenvalue weighted by Gasteiger charge is -2.40. The summed E-state index contributed by atoms with van der Waals surface area (Å²) in [6.45, 7) is 9.00. The van der Waals surface area contributed by atoms with Crippen LogP contribution in [0.25, 0.3) is 0 Å². The quantitative estimate of drug-likeness (QED) is 0.404. The van der Waals surface area contributed by atoms with E-state index in [1.807, 2.05) is 13.0 Å². The van der Waals surface area contributed by atoms with E-state index in [1.165, 1.54) is 0 Å². The van der Waals surface area contributed by atoms with Crippen LogP contribution in [-0.2, 0) is 19.6 Å². The maximum atomic E-state index is 13.9. The van der Waals surface area contributed by atoms with E-state index in [1.54, 1.807) is 37.8 Å². The average Bonchev–Trinajstić information content (AvgIpc) is 3.40. The zero-order valence-electron chi connectivity index (χ0n) is 25.2. The van der Waals surface area contributed by atoms with E-state index >= 15 is 0 Å².